The van der Waals surface area contributed by atoms with Crippen molar-refractivity contribution >= 4 is 29.1 Å². The lowest BCUT2D eigenvalue weighted by Crippen LogP contribution is -2.37. The predicted octanol–water partition coefficient (Wildman–Crippen LogP) is 3.51. The van der Waals surface area contributed by atoms with E-state index in [0.717, 1.165) is 12.0 Å². The van der Waals surface area contributed by atoms with Gasteiger partial charge in [0, 0.05) is 25.0 Å². The van der Waals surface area contributed by atoms with E-state index in [4.69, 9.17) is 27.9 Å². The van der Waals surface area contributed by atoms with E-state index in [1.165, 1.54) is 0 Å². The van der Waals surface area contributed by atoms with Gasteiger partial charge in [0.15, 0.2) is 6.10 Å². The molecule has 1 aromatic heterocycles. The molecule has 0 aliphatic carbocycles. The number of nitrogens with zero attached hydrogens (tertiary/aromatic N) is 1. The van der Waals surface area contributed by atoms with E-state index in [1.807, 2.05) is 12.1 Å². The van der Waals surface area contributed by atoms with Gasteiger partial charge in [0.1, 0.15) is 5.75 Å². The number of hydrogen-bond donors (Lipinski definition) is 1. The number of aromatic nitrogens is 1. The highest BCUT2D eigenvalue weighted by Gasteiger charge is 2.14. The molecular weight excluding hydrogens is 323 g/mol. The minimum atomic E-state index is -0.619. The van der Waals surface area contributed by atoms with Crippen LogP contribution in [0.3, 0.4) is 0 Å². The molecule has 0 aliphatic heterocycles. The zero-order chi connectivity index (χ0) is 15.9. The number of pyridine rings is 1. The molecule has 2 rings (SSSR count). The van der Waals surface area contributed by atoms with Gasteiger partial charge in [-0.05, 0) is 37.1 Å². The van der Waals surface area contributed by atoms with Crippen molar-refractivity contribution in [2.45, 2.75) is 19.4 Å². The fraction of sp³-hybridized carbons (Fsp3) is 0.250. The topological polar surface area (TPSA) is 51.2 Å². The van der Waals surface area contributed by atoms with E-state index in [2.05, 4.69) is 10.3 Å². The lowest BCUT2D eigenvalue weighted by Gasteiger charge is -2.15. The van der Waals surface area contributed by atoms with Gasteiger partial charge in [-0.1, -0.05) is 29.3 Å². The molecule has 116 valence electrons. The van der Waals surface area contributed by atoms with Crippen LogP contribution in [0.2, 0.25) is 10.0 Å². The maximum absolute atomic E-state index is 12.0. The standard InChI is InChI=1S/C16H16Cl2N2O2/c1-11(22-13-4-5-14(17)15(18)9-13)16(21)20-8-6-12-3-2-7-19-10-12/h2-5,7,9-11H,6,8H2,1H3,(H,20,21). The molecule has 22 heavy (non-hydrogen) atoms. The molecule has 1 unspecified atom stereocenters. The first-order valence-electron chi connectivity index (χ1n) is 6.84. The number of halogens is 2. The Bertz CT molecular complexity index is 635. The molecule has 0 aliphatic rings. The molecule has 0 saturated carbocycles. The fourth-order valence-corrected chi connectivity index (χ4v) is 2.12. The Balaban J connectivity index is 1.80. The minimum Gasteiger partial charge on any atom is -0.481 e. The van der Waals surface area contributed by atoms with Crippen LogP contribution in [0.1, 0.15) is 12.5 Å². The van der Waals surface area contributed by atoms with E-state index < -0.39 is 6.10 Å². The Hall–Kier alpha value is -1.78. The third-order valence-electron chi connectivity index (χ3n) is 3.01. The average molecular weight is 339 g/mol. The van der Waals surface area contributed by atoms with Gasteiger partial charge in [-0.3, -0.25) is 9.78 Å². The molecule has 0 fully saturated rings. The summed E-state index contributed by atoms with van der Waals surface area (Å²) in [6.07, 6.45) is 3.60. The molecule has 0 spiro atoms. The summed E-state index contributed by atoms with van der Waals surface area (Å²) < 4.78 is 5.55. The summed E-state index contributed by atoms with van der Waals surface area (Å²) >= 11 is 11.7. The molecule has 1 aromatic carbocycles. The highest BCUT2D eigenvalue weighted by Crippen LogP contribution is 2.26. The van der Waals surface area contributed by atoms with Crippen LogP contribution >= 0.6 is 23.2 Å². The number of ether oxygens (including phenoxy) is 1. The first kappa shape index (κ1) is 16.6. The van der Waals surface area contributed by atoms with Crippen molar-refractivity contribution in [2.75, 3.05) is 6.54 Å². The van der Waals surface area contributed by atoms with Crippen LogP contribution in [-0.2, 0) is 11.2 Å². The van der Waals surface area contributed by atoms with Gasteiger partial charge in [0.2, 0.25) is 0 Å². The Labute approximate surface area is 139 Å². The molecule has 1 heterocycles. The molecule has 0 bridgehead atoms. The van der Waals surface area contributed by atoms with Gasteiger partial charge in [0.05, 0.1) is 10.0 Å². The smallest absolute Gasteiger partial charge is 0.260 e. The number of carbonyl (C=O) groups is 1. The molecule has 0 radical (unpaired) electrons. The Kier molecular flexibility index (Phi) is 6.04. The highest BCUT2D eigenvalue weighted by molar-refractivity contribution is 6.42. The van der Waals surface area contributed by atoms with Crippen molar-refractivity contribution in [1.29, 1.82) is 0 Å². The fourth-order valence-electron chi connectivity index (χ4n) is 1.83. The van der Waals surface area contributed by atoms with E-state index in [0.29, 0.717) is 22.3 Å². The van der Waals surface area contributed by atoms with Gasteiger partial charge >= 0.3 is 0 Å². The van der Waals surface area contributed by atoms with Crippen molar-refractivity contribution in [3.8, 4) is 5.75 Å². The maximum Gasteiger partial charge on any atom is 0.260 e. The van der Waals surface area contributed by atoms with E-state index in [1.54, 1.807) is 37.5 Å². The largest absolute Gasteiger partial charge is 0.481 e. The summed E-state index contributed by atoms with van der Waals surface area (Å²) in [6, 6.07) is 8.73. The van der Waals surface area contributed by atoms with Gasteiger partial charge in [-0.15, -0.1) is 0 Å². The third kappa shape index (κ3) is 4.90. The van der Waals surface area contributed by atoms with Gasteiger partial charge in [0.25, 0.3) is 5.91 Å². The lowest BCUT2D eigenvalue weighted by molar-refractivity contribution is -0.127. The summed E-state index contributed by atoms with van der Waals surface area (Å²) in [6.45, 7) is 2.21. The number of hydrogen-bond acceptors (Lipinski definition) is 3. The number of rotatable bonds is 6. The normalized spacial score (nSPS) is 11.8. The maximum atomic E-state index is 12.0. The molecule has 4 nitrogen and oxygen atoms in total. The lowest BCUT2D eigenvalue weighted by atomic mass is 10.2. The molecule has 0 saturated heterocycles. The zero-order valence-electron chi connectivity index (χ0n) is 12.1. The van der Waals surface area contributed by atoms with E-state index in [-0.39, 0.29) is 5.91 Å². The van der Waals surface area contributed by atoms with Crippen LogP contribution in [0, 0.1) is 0 Å². The molecule has 1 N–H and O–H groups in total. The number of benzene rings is 1. The van der Waals surface area contributed by atoms with Gasteiger partial charge in [-0.25, -0.2) is 0 Å². The molecular formula is C16H16Cl2N2O2. The Morgan fingerprint density at radius 1 is 1.32 bits per heavy atom. The first-order valence-corrected chi connectivity index (χ1v) is 7.60. The third-order valence-corrected chi connectivity index (χ3v) is 3.75. The second kappa shape index (κ2) is 8.01. The second-order valence-corrected chi connectivity index (χ2v) is 5.55. The van der Waals surface area contributed by atoms with E-state index in [9.17, 15) is 4.79 Å². The first-order chi connectivity index (χ1) is 10.6. The van der Waals surface area contributed by atoms with Crippen LogP contribution in [0.4, 0.5) is 0 Å². The van der Waals surface area contributed by atoms with Crippen LogP contribution in [0.5, 0.6) is 5.75 Å². The number of nitrogens with one attached hydrogen (secondary N) is 1. The van der Waals surface area contributed by atoms with Crippen LogP contribution in [0.15, 0.2) is 42.7 Å². The van der Waals surface area contributed by atoms with Crippen molar-refractivity contribution in [3.05, 3.63) is 58.3 Å². The summed E-state index contributed by atoms with van der Waals surface area (Å²) in [5, 5.41) is 3.67. The average Bonchev–Trinajstić information content (AvgIpc) is 2.52. The SMILES string of the molecule is CC(Oc1ccc(Cl)c(Cl)c1)C(=O)NCCc1cccnc1. The molecule has 2 aromatic rings. The molecule has 1 atom stereocenters. The Morgan fingerprint density at radius 2 is 2.14 bits per heavy atom. The molecule has 6 heteroatoms. The number of carbonyl (C=O) groups excluding carboxylic acids is 1. The van der Waals surface area contributed by atoms with Crippen molar-refractivity contribution < 1.29 is 9.53 Å². The van der Waals surface area contributed by atoms with Crippen LogP contribution in [-0.4, -0.2) is 23.5 Å². The van der Waals surface area contributed by atoms with Crippen molar-refractivity contribution in [2.24, 2.45) is 0 Å². The highest BCUT2D eigenvalue weighted by atomic mass is 35.5. The molecule has 1 amide bonds. The van der Waals surface area contributed by atoms with Gasteiger partial charge < -0.3 is 10.1 Å². The van der Waals surface area contributed by atoms with Gasteiger partial charge in [-0.2, -0.15) is 0 Å². The number of amides is 1. The van der Waals surface area contributed by atoms with Crippen molar-refractivity contribution in [3.63, 3.8) is 0 Å². The van der Waals surface area contributed by atoms with E-state index >= 15 is 0 Å². The summed E-state index contributed by atoms with van der Waals surface area (Å²) in [5.74, 6) is 0.319. The Morgan fingerprint density at radius 3 is 2.82 bits per heavy atom. The monoisotopic (exact) mass is 338 g/mol. The predicted molar refractivity (Wildman–Crippen MR) is 87.5 cm³/mol. The van der Waals surface area contributed by atoms with Crippen LogP contribution in [0.25, 0.3) is 0 Å². The summed E-state index contributed by atoms with van der Waals surface area (Å²) in [4.78, 5) is 16.0. The quantitative estimate of drug-likeness (QED) is 0.876. The summed E-state index contributed by atoms with van der Waals surface area (Å²) in [7, 11) is 0. The minimum absolute atomic E-state index is 0.185. The summed E-state index contributed by atoms with van der Waals surface area (Å²) in [5.41, 5.74) is 1.07. The van der Waals surface area contributed by atoms with Crippen LogP contribution < -0.4 is 10.1 Å². The second-order valence-electron chi connectivity index (χ2n) is 4.74. The zero-order valence-corrected chi connectivity index (χ0v) is 13.6. The van der Waals surface area contributed by atoms with Crippen molar-refractivity contribution in [1.82, 2.24) is 10.3 Å².